The van der Waals surface area contributed by atoms with E-state index < -0.39 is 17.4 Å². The fraction of sp³-hybridized carbons (Fsp3) is 0.464. The van der Waals surface area contributed by atoms with Crippen molar-refractivity contribution in [3.8, 4) is 22.8 Å². The van der Waals surface area contributed by atoms with Gasteiger partial charge in [-0.05, 0) is 50.8 Å². The van der Waals surface area contributed by atoms with Crippen LogP contribution in [0.25, 0.3) is 11.3 Å². The largest absolute Gasteiger partial charge is 0.507 e. The molecule has 0 unspecified atom stereocenters. The molecule has 4 heterocycles. The van der Waals surface area contributed by atoms with Gasteiger partial charge in [-0.1, -0.05) is 24.2 Å². The summed E-state index contributed by atoms with van der Waals surface area (Å²) in [6, 6.07) is 3.50. The van der Waals surface area contributed by atoms with Crippen molar-refractivity contribution in [2.45, 2.75) is 38.3 Å². The monoisotopic (exact) mass is 558 g/mol. The Morgan fingerprint density at radius 3 is 2.72 bits per heavy atom. The van der Waals surface area contributed by atoms with E-state index >= 15 is 4.39 Å². The lowest BCUT2D eigenvalue weighted by Crippen LogP contribution is -2.57. The molecule has 0 radical (unpaired) electrons. The molecule has 11 heteroatoms. The number of carbonyl (C=O) groups excluding carboxylic acids is 2. The Kier molecular flexibility index (Phi) is 7.43. The molecule has 1 aromatic carbocycles. The smallest absolute Gasteiger partial charge is 0.261 e. The number of ether oxygens (including phenoxy) is 2. The molecule has 39 heavy (non-hydrogen) atoms. The summed E-state index contributed by atoms with van der Waals surface area (Å²) in [4.78, 5) is 34.3. The molecule has 1 aromatic heterocycles. The number of carbonyl (C=O) groups is 2. The summed E-state index contributed by atoms with van der Waals surface area (Å²) in [5, 5.41) is 13.9. The van der Waals surface area contributed by atoms with Crippen molar-refractivity contribution < 1.29 is 28.6 Å². The number of nitrogens with zero attached hydrogens (tertiary/aromatic N) is 3. The van der Waals surface area contributed by atoms with E-state index in [-0.39, 0.29) is 70.0 Å². The Morgan fingerprint density at radius 2 is 2.03 bits per heavy atom. The Bertz CT molecular complexity index is 1290. The maximum absolute atomic E-state index is 15.0. The van der Waals surface area contributed by atoms with Gasteiger partial charge in [0.05, 0.1) is 11.6 Å². The first-order valence-electron chi connectivity index (χ1n) is 13.0. The lowest BCUT2D eigenvalue weighted by Gasteiger charge is -2.40. The van der Waals surface area contributed by atoms with Crippen molar-refractivity contribution in [2.24, 2.45) is 5.92 Å². The van der Waals surface area contributed by atoms with Gasteiger partial charge in [-0.25, -0.2) is 9.37 Å². The second-order valence-electron chi connectivity index (χ2n) is 10.6. The van der Waals surface area contributed by atoms with Crippen molar-refractivity contribution >= 4 is 29.2 Å². The van der Waals surface area contributed by atoms with Gasteiger partial charge in [0.1, 0.15) is 40.3 Å². The third kappa shape index (κ3) is 5.03. The minimum atomic E-state index is -0.713. The standard InChI is InChI=1S/C28H32ClFN4O5/c1-4-20(36)33-10-11-34-17(14-33)15-39-25-22(27(34)37)26(32-28(2,3)16-8-12-38-13-9-16)31-24(23(25)29)21-18(30)6-5-7-19(21)35/h4-7,16-17,35H,1,8-15H2,2-3H3,(H,31,32)/t17-/m1/s1. The fourth-order valence-electron chi connectivity index (χ4n) is 5.62. The molecule has 0 spiro atoms. The number of piperazine rings is 1. The van der Waals surface area contributed by atoms with Crippen LogP contribution < -0.4 is 10.1 Å². The topological polar surface area (TPSA) is 104 Å². The number of hydrogen-bond donors (Lipinski definition) is 2. The summed E-state index contributed by atoms with van der Waals surface area (Å²) in [6.07, 6.45) is 2.89. The summed E-state index contributed by atoms with van der Waals surface area (Å²) >= 11 is 6.78. The predicted molar refractivity (Wildman–Crippen MR) is 145 cm³/mol. The van der Waals surface area contributed by atoms with Crippen LogP contribution in [-0.4, -0.2) is 82.7 Å². The van der Waals surface area contributed by atoms with E-state index in [1.54, 1.807) is 9.80 Å². The molecule has 0 aliphatic carbocycles. The molecular weight excluding hydrogens is 527 g/mol. The fourth-order valence-corrected chi connectivity index (χ4v) is 5.91. The number of hydrogen-bond acceptors (Lipinski definition) is 7. The van der Waals surface area contributed by atoms with Crippen molar-refractivity contribution in [2.75, 3.05) is 44.8 Å². The summed E-state index contributed by atoms with van der Waals surface area (Å²) < 4.78 is 26.7. The molecule has 9 nitrogen and oxygen atoms in total. The number of amides is 2. The zero-order valence-corrected chi connectivity index (χ0v) is 22.8. The maximum atomic E-state index is 15.0. The molecule has 3 aliphatic heterocycles. The summed E-state index contributed by atoms with van der Waals surface area (Å²) in [7, 11) is 0. The van der Waals surface area contributed by atoms with Crippen LogP contribution in [0.15, 0.2) is 30.9 Å². The summed E-state index contributed by atoms with van der Waals surface area (Å²) in [5.74, 6) is -1.14. The Labute approximate surface area is 231 Å². The van der Waals surface area contributed by atoms with Crippen LogP contribution in [0.4, 0.5) is 10.2 Å². The number of aromatic nitrogens is 1. The molecule has 0 bridgehead atoms. The number of nitrogens with one attached hydrogen (secondary N) is 1. The quantitative estimate of drug-likeness (QED) is 0.533. The van der Waals surface area contributed by atoms with Crippen LogP contribution in [0, 0.1) is 11.7 Å². The highest BCUT2D eigenvalue weighted by Crippen LogP contribution is 2.46. The van der Waals surface area contributed by atoms with Crippen LogP contribution in [0.1, 0.15) is 37.0 Å². The Balaban J connectivity index is 1.63. The molecule has 1 atom stereocenters. The molecular formula is C28H32ClFN4O5. The van der Waals surface area contributed by atoms with Crippen LogP contribution in [0.5, 0.6) is 11.5 Å². The minimum absolute atomic E-state index is 0.0348. The SMILES string of the molecule is C=CC(=O)N1CCN2C(=O)c3c(NC(C)(C)C4CCOCC4)nc(-c4c(O)cccc4F)c(Cl)c3OC[C@H]2C1. The van der Waals surface area contributed by atoms with E-state index in [2.05, 4.69) is 16.9 Å². The van der Waals surface area contributed by atoms with Gasteiger partial charge < -0.3 is 29.7 Å². The first-order chi connectivity index (χ1) is 18.6. The van der Waals surface area contributed by atoms with E-state index in [0.717, 1.165) is 12.8 Å². The molecule has 2 saturated heterocycles. The summed E-state index contributed by atoms with van der Waals surface area (Å²) in [5.41, 5.74) is -0.593. The van der Waals surface area contributed by atoms with Gasteiger partial charge >= 0.3 is 0 Å². The second-order valence-corrected chi connectivity index (χ2v) is 11.0. The van der Waals surface area contributed by atoms with Gasteiger partial charge in [0.15, 0.2) is 5.75 Å². The molecule has 2 amide bonds. The van der Waals surface area contributed by atoms with E-state index in [1.807, 2.05) is 13.8 Å². The van der Waals surface area contributed by atoms with E-state index in [9.17, 15) is 14.7 Å². The van der Waals surface area contributed by atoms with Gasteiger partial charge in [0.25, 0.3) is 5.91 Å². The highest BCUT2D eigenvalue weighted by Gasteiger charge is 2.41. The number of halogens is 2. The lowest BCUT2D eigenvalue weighted by molar-refractivity contribution is -0.128. The minimum Gasteiger partial charge on any atom is -0.507 e. The number of phenolic OH excluding ortho intramolecular Hbond substituents is 1. The third-order valence-corrected chi connectivity index (χ3v) is 8.22. The molecule has 0 saturated carbocycles. The Morgan fingerprint density at radius 1 is 1.28 bits per heavy atom. The highest BCUT2D eigenvalue weighted by molar-refractivity contribution is 6.35. The van der Waals surface area contributed by atoms with Gasteiger partial charge in [0, 0.05) is 38.4 Å². The molecule has 208 valence electrons. The highest BCUT2D eigenvalue weighted by atomic mass is 35.5. The average molecular weight is 559 g/mol. The number of rotatable bonds is 5. The van der Waals surface area contributed by atoms with Crippen LogP contribution in [-0.2, 0) is 9.53 Å². The maximum Gasteiger partial charge on any atom is 0.261 e. The number of aromatic hydroxyl groups is 1. The first-order valence-corrected chi connectivity index (χ1v) is 13.4. The molecule has 2 fully saturated rings. The second kappa shape index (κ2) is 10.7. The predicted octanol–water partition coefficient (Wildman–Crippen LogP) is 4.10. The van der Waals surface area contributed by atoms with Crippen LogP contribution >= 0.6 is 11.6 Å². The van der Waals surface area contributed by atoms with Gasteiger partial charge in [-0.15, -0.1) is 0 Å². The zero-order chi connectivity index (χ0) is 27.9. The van der Waals surface area contributed by atoms with Gasteiger partial charge in [0.2, 0.25) is 5.91 Å². The van der Waals surface area contributed by atoms with Crippen molar-refractivity contribution in [3.05, 3.63) is 47.3 Å². The molecule has 5 rings (SSSR count). The van der Waals surface area contributed by atoms with E-state index in [0.29, 0.717) is 26.3 Å². The number of pyridine rings is 1. The number of fused-ring (bicyclic) bond motifs is 2. The number of benzene rings is 1. The molecule has 2 aromatic rings. The van der Waals surface area contributed by atoms with Crippen LogP contribution in [0.2, 0.25) is 5.02 Å². The Hall–Kier alpha value is -3.37. The van der Waals surface area contributed by atoms with Crippen LogP contribution in [0.3, 0.4) is 0 Å². The number of anilines is 1. The van der Waals surface area contributed by atoms with Gasteiger partial charge in [-0.2, -0.15) is 0 Å². The zero-order valence-electron chi connectivity index (χ0n) is 22.0. The molecule has 3 aliphatic rings. The van der Waals surface area contributed by atoms with Crippen molar-refractivity contribution in [1.82, 2.24) is 14.8 Å². The summed E-state index contributed by atoms with van der Waals surface area (Å²) in [6.45, 7) is 9.85. The first kappa shape index (κ1) is 27.2. The molecule has 2 N–H and O–H groups in total. The lowest BCUT2D eigenvalue weighted by atomic mass is 9.81. The van der Waals surface area contributed by atoms with Crippen molar-refractivity contribution in [3.63, 3.8) is 0 Å². The van der Waals surface area contributed by atoms with E-state index in [1.165, 1.54) is 24.3 Å². The number of phenols is 1. The third-order valence-electron chi connectivity index (χ3n) is 7.87. The average Bonchev–Trinajstić information content (AvgIpc) is 3.07. The normalized spacial score (nSPS) is 20.0. The van der Waals surface area contributed by atoms with Gasteiger partial charge in [-0.3, -0.25) is 9.59 Å². The van der Waals surface area contributed by atoms with Crippen molar-refractivity contribution in [1.29, 1.82) is 0 Å². The van der Waals surface area contributed by atoms with E-state index in [4.69, 9.17) is 21.1 Å².